The second kappa shape index (κ2) is 4.21. The van der Waals surface area contributed by atoms with Crippen molar-refractivity contribution in [2.45, 2.75) is 45.4 Å². The molecule has 1 heterocycles. The molecule has 1 aliphatic heterocycles. The van der Waals surface area contributed by atoms with E-state index in [1.807, 2.05) is 52.0 Å². The molecule has 0 spiro atoms. The van der Waals surface area contributed by atoms with Crippen LogP contribution in [0.5, 0.6) is 0 Å². The highest BCUT2D eigenvalue weighted by molar-refractivity contribution is 7.80. The third-order valence-corrected chi connectivity index (χ3v) is 3.48. The molecule has 3 nitrogen and oxygen atoms in total. The van der Waals surface area contributed by atoms with Gasteiger partial charge in [0.1, 0.15) is 5.72 Å². The fourth-order valence-corrected chi connectivity index (χ4v) is 3.19. The smallest absolute Gasteiger partial charge is 0.176 e. The van der Waals surface area contributed by atoms with Crippen LogP contribution < -0.4 is 10.2 Å². The van der Waals surface area contributed by atoms with Crippen molar-refractivity contribution in [1.29, 1.82) is 0 Å². The minimum absolute atomic E-state index is 0.193. The van der Waals surface area contributed by atoms with Crippen LogP contribution >= 0.6 is 12.2 Å². The number of aliphatic hydroxyl groups is 1. The van der Waals surface area contributed by atoms with Crippen molar-refractivity contribution in [2.75, 3.05) is 4.90 Å². The zero-order valence-electron chi connectivity index (χ0n) is 11.3. The summed E-state index contributed by atoms with van der Waals surface area (Å²) in [7, 11) is 0. The summed E-state index contributed by atoms with van der Waals surface area (Å²) in [5.74, 6) is 0. The van der Waals surface area contributed by atoms with E-state index >= 15 is 0 Å². The van der Waals surface area contributed by atoms with Crippen molar-refractivity contribution in [3.05, 3.63) is 29.8 Å². The number of anilines is 1. The van der Waals surface area contributed by atoms with E-state index in [0.717, 1.165) is 5.69 Å². The number of nitrogens with one attached hydrogen (secondary N) is 1. The second-order valence-corrected chi connectivity index (χ2v) is 6.27. The third kappa shape index (κ3) is 2.49. The Bertz CT molecular complexity index is 465. The topological polar surface area (TPSA) is 35.5 Å². The number of rotatable bonds is 1. The highest BCUT2D eigenvalue weighted by Gasteiger charge is 2.43. The first kappa shape index (κ1) is 13.3. The van der Waals surface area contributed by atoms with E-state index in [9.17, 15) is 5.11 Å². The van der Waals surface area contributed by atoms with Gasteiger partial charge in [0, 0.05) is 17.6 Å². The van der Waals surface area contributed by atoms with Gasteiger partial charge < -0.3 is 10.4 Å². The fourth-order valence-electron chi connectivity index (χ4n) is 2.61. The van der Waals surface area contributed by atoms with Gasteiger partial charge in [-0.25, -0.2) is 0 Å². The average Bonchev–Trinajstić information content (AvgIpc) is 2.16. The summed E-state index contributed by atoms with van der Waals surface area (Å²) >= 11 is 5.39. The van der Waals surface area contributed by atoms with Gasteiger partial charge in [-0.05, 0) is 52.0 Å². The lowest BCUT2D eigenvalue weighted by Gasteiger charge is -2.49. The molecule has 1 fully saturated rings. The quantitative estimate of drug-likeness (QED) is 0.764. The van der Waals surface area contributed by atoms with Crippen LogP contribution in [0, 0.1) is 6.92 Å². The minimum Gasteiger partial charge on any atom is -0.371 e. The molecule has 0 saturated carbocycles. The van der Waals surface area contributed by atoms with Gasteiger partial charge in [0.2, 0.25) is 0 Å². The first-order valence-corrected chi connectivity index (χ1v) is 6.54. The molecule has 0 bridgehead atoms. The van der Waals surface area contributed by atoms with Crippen LogP contribution in [0.15, 0.2) is 24.3 Å². The molecule has 2 N–H and O–H groups in total. The van der Waals surface area contributed by atoms with Crippen molar-refractivity contribution in [3.63, 3.8) is 0 Å². The molecule has 1 aromatic carbocycles. The molecule has 0 aromatic heterocycles. The van der Waals surface area contributed by atoms with E-state index in [0.29, 0.717) is 11.5 Å². The Morgan fingerprint density at radius 3 is 2.28 bits per heavy atom. The molecule has 4 heteroatoms. The van der Waals surface area contributed by atoms with Crippen LogP contribution in [0.3, 0.4) is 0 Å². The summed E-state index contributed by atoms with van der Waals surface area (Å²) in [5.41, 5.74) is 0.941. The fraction of sp³-hybridized carbons (Fsp3) is 0.500. The molecule has 1 saturated heterocycles. The maximum Gasteiger partial charge on any atom is 0.176 e. The number of hydrogen-bond donors (Lipinski definition) is 2. The number of aryl methyl sites for hydroxylation is 1. The summed E-state index contributed by atoms with van der Waals surface area (Å²) in [4.78, 5) is 1.78. The number of benzene rings is 1. The largest absolute Gasteiger partial charge is 0.371 e. The zero-order valence-corrected chi connectivity index (χ0v) is 12.1. The van der Waals surface area contributed by atoms with Gasteiger partial charge in [0.05, 0.1) is 0 Å². The van der Waals surface area contributed by atoms with E-state index in [1.54, 1.807) is 4.90 Å². The zero-order chi connectivity index (χ0) is 13.6. The van der Waals surface area contributed by atoms with Gasteiger partial charge in [-0.2, -0.15) is 0 Å². The summed E-state index contributed by atoms with van der Waals surface area (Å²) in [6.45, 7) is 7.93. The normalized spacial score (nSPS) is 26.9. The molecule has 1 unspecified atom stereocenters. The lowest BCUT2D eigenvalue weighted by atomic mass is 9.90. The highest BCUT2D eigenvalue weighted by atomic mass is 32.1. The Morgan fingerprint density at radius 2 is 1.78 bits per heavy atom. The van der Waals surface area contributed by atoms with Gasteiger partial charge >= 0.3 is 0 Å². The highest BCUT2D eigenvalue weighted by Crippen LogP contribution is 2.33. The van der Waals surface area contributed by atoms with Gasteiger partial charge in [-0.15, -0.1) is 0 Å². The van der Waals surface area contributed by atoms with Crippen LogP contribution in [-0.2, 0) is 0 Å². The van der Waals surface area contributed by atoms with E-state index in [4.69, 9.17) is 12.2 Å². The Morgan fingerprint density at radius 1 is 1.22 bits per heavy atom. The Labute approximate surface area is 114 Å². The van der Waals surface area contributed by atoms with Crippen LogP contribution in [-0.4, -0.2) is 21.5 Å². The summed E-state index contributed by atoms with van der Waals surface area (Å²) < 4.78 is 0. The Kier molecular flexibility index (Phi) is 3.11. The van der Waals surface area contributed by atoms with E-state index in [1.165, 1.54) is 5.56 Å². The molecule has 0 amide bonds. The standard InChI is InChI=1S/C14H20N2OS/c1-10-5-7-11(8-6-10)16-12(18)15-13(2,3)9-14(16,4)17/h5-8,17H,9H2,1-4H3,(H,15,18). The third-order valence-electron chi connectivity index (χ3n) is 3.20. The first-order chi connectivity index (χ1) is 8.21. The SMILES string of the molecule is Cc1ccc(N2C(=S)NC(C)(C)CC2(C)O)cc1. The maximum absolute atomic E-state index is 10.7. The van der Waals surface area contributed by atoms with Gasteiger partial charge in [0.25, 0.3) is 0 Å². The monoisotopic (exact) mass is 264 g/mol. The van der Waals surface area contributed by atoms with Crippen molar-refractivity contribution in [2.24, 2.45) is 0 Å². The number of thiocarbonyl (C=S) groups is 1. The molecular formula is C14H20N2OS. The van der Waals surface area contributed by atoms with Crippen molar-refractivity contribution < 1.29 is 5.11 Å². The van der Waals surface area contributed by atoms with Gasteiger partial charge in [-0.1, -0.05) is 17.7 Å². The molecule has 0 radical (unpaired) electrons. The predicted octanol–water partition coefficient (Wildman–Crippen LogP) is 2.57. The van der Waals surface area contributed by atoms with Crippen molar-refractivity contribution >= 4 is 23.0 Å². The molecular weight excluding hydrogens is 244 g/mol. The van der Waals surface area contributed by atoms with Crippen molar-refractivity contribution in [3.8, 4) is 0 Å². The molecule has 1 aromatic rings. The van der Waals surface area contributed by atoms with E-state index in [2.05, 4.69) is 5.32 Å². The van der Waals surface area contributed by atoms with Gasteiger partial charge in [0.15, 0.2) is 5.11 Å². The van der Waals surface area contributed by atoms with Crippen LogP contribution in [0.1, 0.15) is 32.8 Å². The van der Waals surface area contributed by atoms with Crippen LogP contribution in [0.4, 0.5) is 5.69 Å². The maximum atomic E-state index is 10.7. The van der Waals surface area contributed by atoms with Gasteiger partial charge in [-0.3, -0.25) is 4.90 Å². The lowest BCUT2D eigenvalue weighted by molar-refractivity contribution is 0.0278. The minimum atomic E-state index is -0.971. The molecule has 0 aliphatic carbocycles. The number of hydrogen-bond acceptors (Lipinski definition) is 2. The molecule has 1 aliphatic rings. The first-order valence-electron chi connectivity index (χ1n) is 6.13. The van der Waals surface area contributed by atoms with Crippen LogP contribution in [0.2, 0.25) is 0 Å². The lowest BCUT2D eigenvalue weighted by Crippen LogP contribution is -2.66. The van der Waals surface area contributed by atoms with E-state index in [-0.39, 0.29) is 5.54 Å². The van der Waals surface area contributed by atoms with Crippen molar-refractivity contribution in [1.82, 2.24) is 5.32 Å². The number of nitrogens with zero attached hydrogens (tertiary/aromatic N) is 1. The summed E-state index contributed by atoms with van der Waals surface area (Å²) in [5, 5.41) is 14.5. The van der Waals surface area contributed by atoms with Crippen LogP contribution in [0.25, 0.3) is 0 Å². The summed E-state index contributed by atoms with van der Waals surface area (Å²) in [6, 6.07) is 8.01. The average molecular weight is 264 g/mol. The van der Waals surface area contributed by atoms with E-state index < -0.39 is 5.72 Å². The second-order valence-electron chi connectivity index (χ2n) is 5.88. The molecule has 18 heavy (non-hydrogen) atoms. The Balaban J connectivity index is 2.38. The molecule has 2 rings (SSSR count). The molecule has 98 valence electrons. The Hall–Kier alpha value is -1.13. The predicted molar refractivity (Wildman–Crippen MR) is 78.7 cm³/mol. The molecule has 1 atom stereocenters. The summed E-state index contributed by atoms with van der Waals surface area (Å²) in [6.07, 6.45) is 0.605.